The van der Waals surface area contributed by atoms with E-state index in [4.69, 9.17) is 18.8 Å². The first-order valence-corrected chi connectivity index (χ1v) is 11.1. The van der Waals surface area contributed by atoms with E-state index in [9.17, 15) is 5.11 Å². The largest absolute Gasteiger partial charge is 0.493 e. The summed E-state index contributed by atoms with van der Waals surface area (Å²) in [4.78, 5) is 4.44. The molecule has 1 saturated heterocycles. The number of benzene rings is 1. The predicted molar refractivity (Wildman–Crippen MR) is 123 cm³/mol. The number of nitrogens with zero attached hydrogens (tertiary/aromatic N) is 1. The molecular weight excluding hydrogens is 393 g/mol. The van der Waals surface area contributed by atoms with Gasteiger partial charge in [0, 0.05) is 36.6 Å². The molecule has 0 radical (unpaired) electrons. The monoisotopic (exact) mass is 427 g/mol. The number of aromatic nitrogens is 1. The summed E-state index contributed by atoms with van der Waals surface area (Å²) in [6, 6.07) is 7.94. The lowest BCUT2D eigenvalue weighted by atomic mass is 9.72. The Kier molecular flexibility index (Phi) is 7.97. The first-order chi connectivity index (χ1) is 14.8. The summed E-state index contributed by atoms with van der Waals surface area (Å²) in [7, 11) is 1.29. The fraction of sp³-hybridized carbons (Fsp3) is 0.542. The van der Waals surface area contributed by atoms with E-state index in [1.54, 1.807) is 13.3 Å². The Morgan fingerprint density at radius 1 is 1.23 bits per heavy atom. The van der Waals surface area contributed by atoms with Crippen molar-refractivity contribution < 1.29 is 23.9 Å². The summed E-state index contributed by atoms with van der Waals surface area (Å²) in [6.45, 7) is 8.92. The lowest BCUT2D eigenvalue weighted by molar-refractivity contribution is -0.0297. The molecule has 7 heteroatoms. The van der Waals surface area contributed by atoms with Crippen molar-refractivity contribution in [1.29, 1.82) is 0 Å². The molecule has 3 rings (SSSR count). The lowest BCUT2D eigenvalue weighted by Crippen LogP contribution is -2.46. The molecule has 0 spiro atoms. The van der Waals surface area contributed by atoms with Crippen LogP contribution < -0.4 is 9.47 Å². The van der Waals surface area contributed by atoms with Crippen LogP contribution in [-0.2, 0) is 9.31 Å². The molecular formula is C24H34BNO5. The van der Waals surface area contributed by atoms with Gasteiger partial charge in [0.15, 0.2) is 11.5 Å². The van der Waals surface area contributed by atoms with Gasteiger partial charge in [0.1, 0.15) is 0 Å². The first-order valence-electron chi connectivity index (χ1n) is 11.1. The van der Waals surface area contributed by atoms with Gasteiger partial charge in [-0.05, 0) is 69.3 Å². The van der Waals surface area contributed by atoms with Crippen molar-refractivity contribution in [1.82, 2.24) is 4.98 Å². The van der Waals surface area contributed by atoms with Crippen LogP contribution in [0.15, 0.2) is 36.7 Å². The van der Waals surface area contributed by atoms with Crippen LogP contribution in [0.3, 0.4) is 0 Å². The van der Waals surface area contributed by atoms with Crippen LogP contribution in [-0.4, -0.2) is 49.2 Å². The minimum absolute atomic E-state index is 0.00334. The third-order valence-electron chi connectivity index (χ3n) is 5.50. The Morgan fingerprint density at radius 2 is 2.03 bits per heavy atom. The van der Waals surface area contributed by atoms with Gasteiger partial charge in [-0.1, -0.05) is 13.0 Å². The van der Waals surface area contributed by atoms with Crippen molar-refractivity contribution in [3.63, 3.8) is 0 Å². The first kappa shape index (κ1) is 23.6. The maximum atomic E-state index is 10.1. The minimum Gasteiger partial charge on any atom is -0.493 e. The smallest absolute Gasteiger partial charge is 0.458 e. The third-order valence-corrected chi connectivity index (χ3v) is 5.50. The highest BCUT2D eigenvalue weighted by Crippen LogP contribution is 2.35. The molecule has 2 aromatic rings. The Bertz CT molecular complexity index is 860. The van der Waals surface area contributed by atoms with Crippen LogP contribution in [0.1, 0.15) is 52.0 Å². The standard InChI is InChI=1S/C24H34BNO5/c1-6-9-29-23-11-18(7-8-22(23)28-5)19-10-20(15-26-14-19)21(16-27)13-25-30-17(2)12-24(3,4)31-25/h7-8,10-11,14-15,17,21,27H,6,9,12-13,16H2,1-5H3/t17?,21-/m1/s1. The molecule has 2 atom stereocenters. The van der Waals surface area contributed by atoms with Crippen molar-refractivity contribution in [3.05, 3.63) is 42.2 Å². The van der Waals surface area contributed by atoms with Crippen molar-refractivity contribution in [2.45, 2.75) is 64.5 Å². The quantitative estimate of drug-likeness (QED) is 0.585. The Balaban J connectivity index is 1.81. The summed E-state index contributed by atoms with van der Waals surface area (Å²) in [5.41, 5.74) is 2.66. The van der Waals surface area contributed by atoms with E-state index in [0.717, 1.165) is 29.5 Å². The van der Waals surface area contributed by atoms with E-state index < -0.39 is 0 Å². The Labute approximate surface area is 186 Å². The molecule has 1 aromatic heterocycles. The molecule has 1 fully saturated rings. The fourth-order valence-corrected chi connectivity index (χ4v) is 4.10. The van der Waals surface area contributed by atoms with E-state index in [1.165, 1.54) is 0 Å². The van der Waals surface area contributed by atoms with Crippen molar-refractivity contribution in [2.24, 2.45) is 0 Å². The molecule has 0 aliphatic carbocycles. The molecule has 1 aromatic carbocycles. The van der Waals surface area contributed by atoms with E-state index in [0.29, 0.717) is 24.4 Å². The van der Waals surface area contributed by atoms with Crippen molar-refractivity contribution >= 4 is 7.12 Å². The summed E-state index contributed by atoms with van der Waals surface area (Å²) in [6.07, 6.45) is 6.09. The van der Waals surface area contributed by atoms with Crippen LogP contribution in [0.4, 0.5) is 0 Å². The third kappa shape index (κ3) is 6.22. The summed E-state index contributed by atoms with van der Waals surface area (Å²) in [5.74, 6) is 1.29. The van der Waals surface area contributed by atoms with E-state index in [2.05, 4.69) is 38.7 Å². The van der Waals surface area contributed by atoms with Crippen molar-refractivity contribution in [2.75, 3.05) is 20.3 Å². The van der Waals surface area contributed by atoms with Gasteiger partial charge in [0.2, 0.25) is 0 Å². The molecule has 0 bridgehead atoms. The summed E-state index contributed by atoms with van der Waals surface area (Å²) >= 11 is 0. The van der Waals surface area contributed by atoms with Gasteiger partial charge in [-0.2, -0.15) is 0 Å². The second kappa shape index (κ2) is 10.5. The molecule has 0 saturated carbocycles. The molecule has 0 amide bonds. The van der Waals surface area contributed by atoms with Crippen LogP contribution >= 0.6 is 0 Å². The number of aliphatic hydroxyl groups is 1. The molecule has 1 unspecified atom stereocenters. The summed E-state index contributed by atoms with van der Waals surface area (Å²) < 4.78 is 23.4. The predicted octanol–water partition coefficient (Wildman–Crippen LogP) is 4.71. The van der Waals surface area contributed by atoms with E-state index >= 15 is 0 Å². The Hall–Kier alpha value is -2.09. The maximum Gasteiger partial charge on any atom is 0.458 e. The maximum absolute atomic E-state index is 10.1. The number of pyridine rings is 1. The normalized spacial score (nSPS) is 19.2. The molecule has 2 heterocycles. The topological polar surface area (TPSA) is 70.0 Å². The fourth-order valence-electron chi connectivity index (χ4n) is 4.10. The Morgan fingerprint density at radius 3 is 2.71 bits per heavy atom. The van der Waals surface area contributed by atoms with Gasteiger partial charge in [-0.25, -0.2) is 0 Å². The highest BCUT2D eigenvalue weighted by atomic mass is 16.6. The number of hydrogen-bond donors (Lipinski definition) is 1. The van der Waals surface area contributed by atoms with Crippen LogP contribution in [0.5, 0.6) is 11.5 Å². The van der Waals surface area contributed by atoms with Gasteiger partial charge in [-0.15, -0.1) is 0 Å². The highest BCUT2D eigenvalue weighted by Gasteiger charge is 2.38. The SMILES string of the molecule is CCCOc1cc(-c2cncc([C@@H](CO)CB3OC(C)CC(C)(C)O3)c2)ccc1OC. The zero-order valence-electron chi connectivity index (χ0n) is 19.3. The average Bonchev–Trinajstić information content (AvgIpc) is 2.74. The van der Waals surface area contributed by atoms with Crippen LogP contribution in [0.2, 0.25) is 6.32 Å². The number of aliphatic hydroxyl groups excluding tert-OH is 1. The average molecular weight is 427 g/mol. The second-order valence-corrected chi connectivity index (χ2v) is 8.79. The number of rotatable bonds is 9. The molecule has 1 N–H and O–H groups in total. The van der Waals surface area contributed by atoms with Gasteiger partial charge >= 0.3 is 7.12 Å². The van der Waals surface area contributed by atoms with Gasteiger partial charge in [0.25, 0.3) is 0 Å². The molecule has 31 heavy (non-hydrogen) atoms. The molecule has 1 aliphatic rings. The van der Waals surface area contributed by atoms with Gasteiger partial charge in [-0.3, -0.25) is 4.98 Å². The van der Waals surface area contributed by atoms with Crippen molar-refractivity contribution in [3.8, 4) is 22.6 Å². The number of hydrogen-bond acceptors (Lipinski definition) is 6. The van der Waals surface area contributed by atoms with E-state index in [1.807, 2.05) is 24.4 Å². The van der Waals surface area contributed by atoms with Gasteiger partial charge in [0.05, 0.1) is 19.3 Å². The van der Waals surface area contributed by atoms with Gasteiger partial charge < -0.3 is 23.9 Å². The lowest BCUT2D eigenvalue weighted by Gasteiger charge is -2.39. The second-order valence-electron chi connectivity index (χ2n) is 8.79. The summed E-state index contributed by atoms with van der Waals surface area (Å²) in [5, 5.41) is 10.1. The minimum atomic E-state index is -0.352. The molecule has 1 aliphatic heterocycles. The molecule has 168 valence electrons. The molecule has 6 nitrogen and oxygen atoms in total. The van der Waals surface area contributed by atoms with Crippen LogP contribution in [0, 0.1) is 0 Å². The number of ether oxygens (including phenoxy) is 2. The zero-order chi connectivity index (χ0) is 22.4. The highest BCUT2D eigenvalue weighted by molar-refractivity contribution is 6.45. The zero-order valence-corrected chi connectivity index (χ0v) is 19.3. The van der Waals surface area contributed by atoms with E-state index in [-0.39, 0.29) is 31.3 Å². The number of methoxy groups -OCH3 is 1. The van der Waals surface area contributed by atoms with Crippen LogP contribution in [0.25, 0.3) is 11.1 Å².